The zero-order valence-electron chi connectivity index (χ0n) is 18.1. The Bertz CT molecular complexity index is 1110. The van der Waals surface area contributed by atoms with Gasteiger partial charge in [0.15, 0.2) is 0 Å². The van der Waals surface area contributed by atoms with Crippen LogP contribution in [-0.2, 0) is 30.9 Å². The van der Waals surface area contributed by atoms with Crippen molar-refractivity contribution in [1.29, 1.82) is 0 Å². The van der Waals surface area contributed by atoms with Crippen molar-refractivity contribution >= 4 is 33.4 Å². The normalized spacial score (nSPS) is 16.7. The molecule has 0 saturated carbocycles. The van der Waals surface area contributed by atoms with Gasteiger partial charge in [-0.1, -0.05) is 47.5 Å². The lowest BCUT2D eigenvalue weighted by Gasteiger charge is -2.24. The van der Waals surface area contributed by atoms with Gasteiger partial charge in [0.05, 0.1) is 18.0 Å². The summed E-state index contributed by atoms with van der Waals surface area (Å²) in [7, 11) is -3.84. The molecule has 10 heteroatoms. The highest BCUT2D eigenvalue weighted by Gasteiger charge is 2.38. The largest absolute Gasteiger partial charge is 0.359 e. The van der Waals surface area contributed by atoms with Crippen molar-refractivity contribution in [1.82, 2.24) is 14.9 Å². The quantitative estimate of drug-likeness (QED) is 0.617. The maximum Gasteiger partial charge on any atom is 0.309 e. The maximum atomic E-state index is 13.3. The molecule has 1 heterocycles. The summed E-state index contributed by atoms with van der Waals surface area (Å²) in [6, 6.07) is 10.6. The molecule has 172 valence electrons. The molecule has 2 N–H and O–H groups in total. The van der Waals surface area contributed by atoms with Gasteiger partial charge in [0.25, 0.3) is 0 Å². The van der Waals surface area contributed by atoms with Crippen molar-refractivity contribution in [3.63, 3.8) is 0 Å². The molecule has 1 aliphatic heterocycles. The maximum absolute atomic E-state index is 13.3. The van der Waals surface area contributed by atoms with Gasteiger partial charge in [-0.2, -0.15) is 4.31 Å². The molecule has 3 rings (SSSR count). The minimum Gasteiger partial charge on any atom is -0.359 e. The van der Waals surface area contributed by atoms with Gasteiger partial charge in [0, 0.05) is 18.1 Å². The number of halogens is 1. The first-order valence-electron chi connectivity index (χ1n) is 10.1. The van der Waals surface area contributed by atoms with Crippen LogP contribution in [0.4, 0.5) is 0 Å². The van der Waals surface area contributed by atoms with E-state index in [0.717, 1.165) is 5.56 Å². The molecule has 8 nitrogen and oxygen atoms in total. The van der Waals surface area contributed by atoms with Crippen molar-refractivity contribution in [2.24, 2.45) is 0 Å². The lowest BCUT2D eigenvalue weighted by Crippen LogP contribution is -2.47. The second-order valence-electron chi connectivity index (χ2n) is 7.65. The Balaban J connectivity index is 1.63. The van der Waals surface area contributed by atoms with Gasteiger partial charge < -0.3 is 15.4 Å². The van der Waals surface area contributed by atoms with Gasteiger partial charge in [-0.15, -0.1) is 0 Å². The van der Waals surface area contributed by atoms with Gasteiger partial charge in [-0.05, 0) is 43.5 Å². The number of carbonyl (C=O) groups is 2. The van der Waals surface area contributed by atoms with Crippen molar-refractivity contribution in [3.05, 3.63) is 63.7 Å². The fourth-order valence-corrected chi connectivity index (χ4v) is 5.92. The zero-order valence-corrected chi connectivity index (χ0v) is 19.7. The Morgan fingerprint density at radius 2 is 1.72 bits per heavy atom. The molecular weight excluding hydrogens is 454 g/mol. The molecule has 0 spiro atoms. The van der Waals surface area contributed by atoms with Gasteiger partial charge in [-0.25, -0.2) is 8.42 Å². The number of carbonyl (C=O) groups excluding carboxylic acids is 2. The van der Waals surface area contributed by atoms with Crippen LogP contribution in [0, 0.1) is 20.8 Å². The summed E-state index contributed by atoms with van der Waals surface area (Å²) in [6.07, 6.45) is -0.902. The summed E-state index contributed by atoms with van der Waals surface area (Å²) in [5.41, 5.74) is 2.95. The van der Waals surface area contributed by atoms with E-state index >= 15 is 0 Å². The smallest absolute Gasteiger partial charge is 0.309 e. The number of amides is 2. The number of rotatable bonds is 6. The highest BCUT2D eigenvalue weighted by atomic mass is 35.5. The molecule has 1 saturated heterocycles. The highest BCUT2D eigenvalue weighted by Crippen LogP contribution is 2.28. The number of aryl methyl sites for hydroxylation is 3. The molecule has 2 aromatic rings. The number of sulfonamides is 1. The summed E-state index contributed by atoms with van der Waals surface area (Å²) in [6.45, 7) is 5.72. The topological polar surface area (TPSA) is 105 Å². The molecule has 32 heavy (non-hydrogen) atoms. The van der Waals surface area contributed by atoms with E-state index in [-0.39, 0.29) is 31.1 Å². The van der Waals surface area contributed by atoms with E-state index in [2.05, 4.69) is 10.6 Å². The minimum atomic E-state index is -3.84. The third-order valence-electron chi connectivity index (χ3n) is 5.16. The monoisotopic (exact) mass is 479 g/mol. The summed E-state index contributed by atoms with van der Waals surface area (Å²) < 4.78 is 33.4. The van der Waals surface area contributed by atoms with Gasteiger partial charge in [0.1, 0.15) is 6.23 Å². The first-order chi connectivity index (χ1) is 15.1. The molecule has 0 aliphatic carbocycles. The molecule has 1 aliphatic rings. The van der Waals surface area contributed by atoms with E-state index in [9.17, 15) is 18.0 Å². The number of benzene rings is 2. The average molecular weight is 480 g/mol. The Labute approximate surface area is 192 Å². The lowest BCUT2D eigenvalue weighted by atomic mass is 10.1. The Morgan fingerprint density at radius 3 is 2.38 bits per heavy atom. The first-order valence-corrected chi connectivity index (χ1v) is 11.9. The van der Waals surface area contributed by atoms with Crippen LogP contribution >= 0.6 is 11.6 Å². The minimum absolute atomic E-state index is 0.0956. The van der Waals surface area contributed by atoms with Crippen LogP contribution in [0.5, 0.6) is 0 Å². The van der Waals surface area contributed by atoms with Crippen molar-refractivity contribution < 1.29 is 22.7 Å². The van der Waals surface area contributed by atoms with Crippen molar-refractivity contribution in [3.8, 4) is 0 Å². The lowest BCUT2D eigenvalue weighted by molar-refractivity contribution is -0.139. The third kappa shape index (κ3) is 5.29. The van der Waals surface area contributed by atoms with Gasteiger partial charge in [0.2, 0.25) is 10.0 Å². The molecule has 0 bridgehead atoms. The SMILES string of the molecule is Cc1cc(C)c(S(=O)(=O)N2CCO[C@H]2CNC(=O)C(=O)NCc2ccccc2Cl)c(C)c1. The fourth-order valence-electron chi connectivity index (χ4n) is 3.79. The van der Waals surface area contributed by atoms with E-state index in [1.54, 1.807) is 38.1 Å². The average Bonchev–Trinajstić information content (AvgIpc) is 3.20. The van der Waals surface area contributed by atoms with Crippen LogP contribution in [0.15, 0.2) is 41.3 Å². The number of ether oxygens (including phenoxy) is 1. The van der Waals surface area contributed by atoms with Crippen LogP contribution in [0.1, 0.15) is 22.3 Å². The summed E-state index contributed by atoms with van der Waals surface area (Å²) in [5, 5.41) is 5.43. The van der Waals surface area contributed by atoms with Gasteiger partial charge in [-0.3, -0.25) is 9.59 Å². The molecule has 0 unspecified atom stereocenters. The predicted octanol–water partition coefficient (Wildman–Crippen LogP) is 2.04. The number of nitrogens with zero attached hydrogens (tertiary/aromatic N) is 1. The van der Waals surface area contributed by atoms with Crippen LogP contribution < -0.4 is 10.6 Å². The van der Waals surface area contributed by atoms with E-state index in [4.69, 9.17) is 16.3 Å². The van der Waals surface area contributed by atoms with E-state index in [0.29, 0.717) is 21.7 Å². The number of nitrogens with one attached hydrogen (secondary N) is 2. The second-order valence-corrected chi connectivity index (χ2v) is 9.89. The van der Waals surface area contributed by atoms with Crippen molar-refractivity contribution in [2.75, 3.05) is 19.7 Å². The predicted molar refractivity (Wildman–Crippen MR) is 121 cm³/mol. The Morgan fingerprint density at radius 1 is 1.09 bits per heavy atom. The van der Waals surface area contributed by atoms with Crippen molar-refractivity contribution in [2.45, 2.75) is 38.4 Å². The van der Waals surface area contributed by atoms with E-state index in [1.807, 2.05) is 19.1 Å². The molecule has 1 fully saturated rings. The Kier molecular flexibility index (Phi) is 7.55. The summed E-state index contributed by atoms with van der Waals surface area (Å²) in [5.74, 6) is -1.73. The fraction of sp³-hybridized carbons (Fsp3) is 0.364. The molecule has 2 amide bonds. The zero-order chi connectivity index (χ0) is 23.5. The van der Waals surface area contributed by atoms with Gasteiger partial charge >= 0.3 is 11.8 Å². The van der Waals surface area contributed by atoms with E-state index in [1.165, 1.54) is 4.31 Å². The Hall–Kier alpha value is -2.46. The third-order valence-corrected chi connectivity index (χ3v) is 7.72. The van der Waals surface area contributed by atoms with Crippen LogP contribution in [0.3, 0.4) is 0 Å². The second kappa shape index (κ2) is 9.99. The highest BCUT2D eigenvalue weighted by molar-refractivity contribution is 7.89. The summed E-state index contributed by atoms with van der Waals surface area (Å²) >= 11 is 6.04. The van der Waals surface area contributed by atoms with Crippen LogP contribution in [0.25, 0.3) is 0 Å². The first kappa shape index (κ1) is 24.2. The molecule has 1 atom stereocenters. The molecular formula is C22H26ClN3O5S. The number of hydrogen-bond donors (Lipinski definition) is 2. The molecule has 0 radical (unpaired) electrons. The standard InChI is InChI=1S/C22H26ClN3O5S/c1-14-10-15(2)20(16(3)11-14)32(29,30)26-8-9-31-19(26)13-25-22(28)21(27)24-12-17-6-4-5-7-18(17)23/h4-7,10-11,19H,8-9,12-13H2,1-3H3,(H,24,27)(H,25,28)/t19-/m0/s1. The van der Waals surface area contributed by atoms with Crippen LogP contribution in [-0.4, -0.2) is 50.5 Å². The number of hydrogen-bond acceptors (Lipinski definition) is 5. The molecule has 2 aromatic carbocycles. The molecule has 0 aromatic heterocycles. The van der Waals surface area contributed by atoms with E-state index < -0.39 is 28.1 Å². The van der Waals surface area contributed by atoms with Crippen LogP contribution in [0.2, 0.25) is 5.02 Å². The summed E-state index contributed by atoms with van der Waals surface area (Å²) in [4.78, 5) is 24.6.